The molecule has 8 heteroatoms. The molecule has 2 aromatic carbocycles. The van der Waals surface area contributed by atoms with E-state index in [1.165, 1.54) is 12.7 Å². The van der Waals surface area contributed by atoms with Crippen LogP contribution < -0.4 is 0 Å². The van der Waals surface area contributed by atoms with E-state index < -0.39 is 5.92 Å². The summed E-state index contributed by atoms with van der Waals surface area (Å²) in [5.41, 5.74) is 5.56. The molecule has 0 bridgehead atoms. The van der Waals surface area contributed by atoms with E-state index >= 15 is 0 Å². The van der Waals surface area contributed by atoms with E-state index in [0.717, 1.165) is 35.1 Å². The molecule has 3 aliphatic rings. The van der Waals surface area contributed by atoms with Crippen LogP contribution in [0.25, 0.3) is 0 Å². The summed E-state index contributed by atoms with van der Waals surface area (Å²) in [4.78, 5) is 56.2. The summed E-state index contributed by atoms with van der Waals surface area (Å²) >= 11 is 6.26. The van der Waals surface area contributed by atoms with Gasteiger partial charge in [-0.3, -0.25) is 19.2 Å². The van der Waals surface area contributed by atoms with Crippen molar-refractivity contribution < 1.29 is 29.0 Å². The number of Topliss-reactive ketones (excluding diaryl/α,β-unsaturated/α-hetero) is 2. The maximum Gasteiger partial charge on any atom is 0.305 e. The second-order valence-electron chi connectivity index (χ2n) is 15.1. The lowest BCUT2D eigenvalue weighted by atomic mass is 9.77. The first kappa shape index (κ1) is 39.2. The third-order valence-electron chi connectivity index (χ3n) is 11.5. The number of ketones is 2. The molecule has 0 spiro atoms. The highest BCUT2D eigenvalue weighted by Gasteiger charge is 2.40. The number of hydrogen-bond donors (Lipinski definition) is 1. The van der Waals surface area contributed by atoms with E-state index in [2.05, 4.69) is 44.2 Å². The van der Waals surface area contributed by atoms with Crippen molar-refractivity contribution in [1.29, 1.82) is 0 Å². The molecular formula is C44H54ClNO6. The molecule has 2 aliphatic carbocycles. The number of carbonyl (C=O) groups is 4. The average Bonchev–Trinajstić information content (AvgIpc) is 3.39. The van der Waals surface area contributed by atoms with E-state index in [9.17, 15) is 24.3 Å². The fraction of sp³-hybridized carbons (Fsp3) is 0.500. The van der Waals surface area contributed by atoms with Gasteiger partial charge in [0, 0.05) is 49.1 Å². The van der Waals surface area contributed by atoms with Gasteiger partial charge in [-0.2, -0.15) is 0 Å². The summed E-state index contributed by atoms with van der Waals surface area (Å²) < 4.78 is 4.99. The van der Waals surface area contributed by atoms with Crippen molar-refractivity contribution in [2.24, 2.45) is 35.5 Å². The van der Waals surface area contributed by atoms with Gasteiger partial charge in [0.15, 0.2) is 5.78 Å². The molecule has 1 aliphatic heterocycles. The maximum atomic E-state index is 14.5. The quantitative estimate of drug-likeness (QED) is 0.138. The van der Waals surface area contributed by atoms with Gasteiger partial charge in [0.2, 0.25) is 5.91 Å². The number of rotatable bonds is 16. The topological polar surface area (TPSA) is 101 Å². The lowest BCUT2D eigenvalue weighted by Crippen LogP contribution is -2.40. The van der Waals surface area contributed by atoms with Crippen LogP contribution in [-0.2, 0) is 43.2 Å². The predicted molar refractivity (Wildman–Crippen MR) is 205 cm³/mol. The largest absolute Gasteiger partial charge is 0.508 e. The van der Waals surface area contributed by atoms with Gasteiger partial charge in [0.25, 0.3) is 0 Å². The van der Waals surface area contributed by atoms with E-state index in [1.807, 2.05) is 31.2 Å². The fourth-order valence-electron chi connectivity index (χ4n) is 8.62. The zero-order valence-corrected chi connectivity index (χ0v) is 31.9. The van der Waals surface area contributed by atoms with Crippen LogP contribution in [0.1, 0.15) is 81.0 Å². The van der Waals surface area contributed by atoms with Crippen LogP contribution in [0, 0.1) is 42.4 Å². The molecule has 1 amide bonds. The van der Waals surface area contributed by atoms with E-state index in [4.69, 9.17) is 16.3 Å². The third kappa shape index (κ3) is 10.1. The molecule has 6 atom stereocenters. The summed E-state index contributed by atoms with van der Waals surface area (Å²) in [6.07, 6.45) is 15.7. The second-order valence-corrected chi connectivity index (χ2v) is 15.6. The summed E-state index contributed by atoms with van der Waals surface area (Å²) in [5, 5.41) is 10.5. The molecule has 0 radical (unpaired) electrons. The molecule has 278 valence electrons. The minimum absolute atomic E-state index is 0.0279. The number of esters is 1. The van der Waals surface area contributed by atoms with Crippen molar-refractivity contribution >= 4 is 35.0 Å². The maximum absolute atomic E-state index is 14.5. The van der Waals surface area contributed by atoms with Crippen molar-refractivity contribution in [2.45, 2.75) is 85.0 Å². The molecule has 5 rings (SSSR count). The molecule has 6 unspecified atom stereocenters. The first-order chi connectivity index (χ1) is 24.9. The average molecular weight is 728 g/mol. The van der Waals surface area contributed by atoms with E-state index in [1.54, 1.807) is 17.0 Å². The molecule has 1 saturated heterocycles. The van der Waals surface area contributed by atoms with Gasteiger partial charge in [0.1, 0.15) is 11.5 Å². The number of aryl methyl sites for hydroxylation is 3. The Hall–Kier alpha value is -3.97. The number of nitrogens with zero attached hydrogens (tertiary/aromatic N) is 1. The van der Waals surface area contributed by atoms with Crippen molar-refractivity contribution in [3.63, 3.8) is 0 Å². The molecule has 1 heterocycles. The number of likely N-dealkylation sites (tertiary alicyclic amines) is 1. The zero-order valence-electron chi connectivity index (χ0n) is 31.1. The summed E-state index contributed by atoms with van der Waals surface area (Å²) in [7, 11) is 1.35. The van der Waals surface area contributed by atoms with Gasteiger partial charge in [0.05, 0.1) is 13.7 Å². The highest BCUT2D eigenvalue weighted by molar-refractivity contribution is 6.30. The Morgan fingerprint density at radius 3 is 2.52 bits per heavy atom. The fourth-order valence-corrected chi connectivity index (χ4v) is 8.82. The Balaban J connectivity index is 1.34. The standard InChI is InChI=1S/C44H54ClNO6/c1-5-31-24-36(45)16-14-33(31)18-19-46-27-39(49)25-35(13-12-34-20-29(3)40-8-6-7-9-41(34)40)42(44(46)51)26-38(48)22-30(23-43(50)52-4)10-11-32-15-17-37(47)21-28(32)2/h6-9,14-17,20-21,24,29-30,35,40-42,47H,5,10-13,18-19,22-23,25-27H2,1-4H3. The highest BCUT2D eigenvalue weighted by Crippen LogP contribution is 2.43. The first-order valence-corrected chi connectivity index (χ1v) is 19.3. The normalized spacial score (nSPS) is 23.3. The minimum Gasteiger partial charge on any atom is -0.508 e. The number of hydrogen-bond acceptors (Lipinski definition) is 6. The number of methoxy groups -OCH3 is 1. The lowest BCUT2D eigenvalue weighted by molar-refractivity contribution is -0.142. The number of allylic oxidation sites excluding steroid dienone is 6. The molecule has 52 heavy (non-hydrogen) atoms. The van der Waals surface area contributed by atoms with Crippen LogP contribution in [0.2, 0.25) is 5.02 Å². The molecule has 7 nitrogen and oxygen atoms in total. The van der Waals surface area contributed by atoms with Gasteiger partial charge in [-0.05, 0) is 116 Å². The Bertz CT molecular complexity index is 1720. The van der Waals surface area contributed by atoms with Crippen LogP contribution in [0.3, 0.4) is 0 Å². The smallest absolute Gasteiger partial charge is 0.305 e. The number of amides is 1. The number of halogens is 1. The van der Waals surface area contributed by atoms with E-state index in [0.29, 0.717) is 55.0 Å². The lowest BCUT2D eigenvalue weighted by Gasteiger charge is -2.29. The molecule has 0 saturated carbocycles. The van der Waals surface area contributed by atoms with Crippen LogP contribution >= 0.6 is 11.6 Å². The van der Waals surface area contributed by atoms with Crippen molar-refractivity contribution in [3.8, 4) is 5.75 Å². The first-order valence-electron chi connectivity index (χ1n) is 19.0. The van der Waals surface area contributed by atoms with E-state index in [-0.39, 0.29) is 73.3 Å². The number of aromatic hydroxyl groups is 1. The molecule has 1 N–H and O–H groups in total. The van der Waals surface area contributed by atoms with Crippen molar-refractivity contribution in [2.75, 3.05) is 20.2 Å². The zero-order chi connectivity index (χ0) is 37.4. The Kier molecular flexibility index (Phi) is 13.7. The summed E-state index contributed by atoms with van der Waals surface area (Å²) in [5.74, 6) is -0.319. The van der Waals surface area contributed by atoms with Crippen LogP contribution in [0.15, 0.2) is 72.4 Å². The van der Waals surface area contributed by atoms with Crippen LogP contribution in [-0.4, -0.2) is 53.6 Å². The van der Waals surface area contributed by atoms with Gasteiger partial charge in [-0.15, -0.1) is 0 Å². The number of phenols is 1. The Labute approximate surface area is 314 Å². The highest BCUT2D eigenvalue weighted by atomic mass is 35.5. The molecular weight excluding hydrogens is 674 g/mol. The molecule has 1 fully saturated rings. The number of benzene rings is 2. The van der Waals surface area contributed by atoms with Crippen LogP contribution in [0.4, 0.5) is 0 Å². The minimum atomic E-state index is -0.620. The second kappa shape index (κ2) is 18.2. The number of carbonyl (C=O) groups excluding carboxylic acids is 4. The van der Waals surface area contributed by atoms with Crippen molar-refractivity contribution in [3.05, 3.63) is 99.6 Å². The summed E-state index contributed by atoms with van der Waals surface area (Å²) in [6.45, 7) is 6.68. The van der Waals surface area contributed by atoms with Gasteiger partial charge < -0.3 is 14.7 Å². The third-order valence-corrected chi connectivity index (χ3v) is 11.8. The monoisotopic (exact) mass is 727 g/mol. The summed E-state index contributed by atoms with van der Waals surface area (Å²) in [6, 6.07) is 11.0. The van der Waals surface area contributed by atoms with Crippen LogP contribution in [0.5, 0.6) is 5.75 Å². The van der Waals surface area contributed by atoms with Gasteiger partial charge in [-0.1, -0.05) is 73.5 Å². The predicted octanol–water partition coefficient (Wildman–Crippen LogP) is 8.37. The molecule has 0 aromatic heterocycles. The number of fused-ring (bicyclic) bond motifs is 1. The Morgan fingerprint density at radius 2 is 1.77 bits per heavy atom. The van der Waals surface area contributed by atoms with Crippen molar-refractivity contribution in [1.82, 2.24) is 4.90 Å². The van der Waals surface area contributed by atoms with Gasteiger partial charge in [-0.25, -0.2) is 0 Å². The number of phenolic OH excluding ortho intramolecular Hbond substituents is 1. The number of ether oxygens (including phenoxy) is 1. The SMILES string of the molecule is CCc1cc(Cl)ccc1CCN1CC(=O)CC(CCC2=CC(C)C3C=CC=CC23)C(CC(=O)CC(CCc2ccc(O)cc2C)CC(=O)OC)C1=O. The van der Waals surface area contributed by atoms with Gasteiger partial charge >= 0.3 is 5.97 Å². The molecule has 2 aromatic rings. The Morgan fingerprint density at radius 1 is 1.00 bits per heavy atom.